The van der Waals surface area contributed by atoms with E-state index < -0.39 is 16.0 Å². The number of aryl methyl sites for hydroxylation is 1. The standard InChI is InChI=1S/C16H17NO4S/c1-12-3-9-15(10-4-12)22(19,20)17-11-13-5-7-14(8-6-13)16(18)21-2/h3-10,17H,11H2,1-2H3. The van der Waals surface area contributed by atoms with Crippen LogP contribution in [0.5, 0.6) is 0 Å². The molecule has 0 aliphatic carbocycles. The number of hydrogen-bond donors (Lipinski definition) is 1. The summed E-state index contributed by atoms with van der Waals surface area (Å²) in [6, 6.07) is 13.2. The van der Waals surface area contributed by atoms with E-state index in [1.807, 2.05) is 6.92 Å². The van der Waals surface area contributed by atoms with E-state index in [1.54, 1.807) is 48.5 Å². The molecule has 2 aromatic rings. The Morgan fingerprint density at radius 1 is 1.05 bits per heavy atom. The molecule has 0 radical (unpaired) electrons. The van der Waals surface area contributed by atoms with Crippen LogP contribution in [-0.4, -0.2) is 21.5 Å². The third-order valence-corrected chi connectivity index (χ3v) is 4.59. The van der Waals surface area contributed by atoms with Gasteiger partial charge in [-0.15, -0.1) is 0 Å². The van der Waals surface area contributed by atoms with E-state index in [4.69, 9.17) is 0 Å². The summed E-state index contributed by atoms with van der Waals surface area (Å²) in [6.45, 7) is 2.05. The molecule has 5 nitrogen and oxygen atoms in total. The number of esters is 1. The zero-order valence-electron chi connectivity index (χ0n) is 12.4. The zero-order valence-corrected chi connectivity index (χ0v) is 13.2. The van der Waals surface area contributed by atoms with Gasteiger partial charge in [-0.05, 0) is 36.8 Å². The Bertz CT molecular complexity index is 750. The Morgan fingerprint density at radius 3 is 2.18 bits per heavy atom. The van der Waals surface area contributed by atoms with Crippen molar-refractivity contribution in [3.05, 3.63) is 65.2 Å². The van der Waals surface area contributed by atoms with Crippen LogP contribution in [-0.2, 0) is 21.3 Å². The van der Waals surface area contributed by atoms with Gasteiger partial charge >= 0.3 is 5.97 Å². The first kappa shape index (κ1) is 16.2. The average Bonchev–Trinajstić information content (AvgIpc) is 2.53. The first-order valence-corrected chi connectivity index (χ1v) is 8.14. The van der Waals surface area contributed by atoms with Gasteiger partial charge in [0.2, 0.25) is 10.0 Å². The molecule has 22 heavy (non-hydrogen) atoms. The van der Waals surface area contributed by atoms with Crippen LogP contribution >= 0.6 is 0 Å². The van der Waals surface area contributed by atoms with Crippen LogP contribution in [0, 0.1) is 6.92 Å². The zero-order chi connectivity index (χ0) is 16.2. The van der Waals surface area contributed by atoms with Gasteiger partial charge in [0, 0.05) is 6.54 Å². The van der Waals surface area contributed by atoms with Crippen LogP contribution in [0.2, 0.25) is 0 Å². The number of sulfonamides is 1. The van der Waals surface area contributed by atoms with Gasteiger partial charge in [-0.2, -0.15) is 0 Å². The second-order valence-corrected chi connectivity index (χ2v) is 6.59. The van der Waals surface area contributed by atoms with Crippen molar-refractivity contribution in [2.24, 2.45) is 0 Å². The van der Waals surface area contributed by atoms with Gasteiger partial charge in [0.1, 0.15) is 0 Å². The fourth-order valence-corrected chi connectivity index (χ4v) is 2.87. The maximum atomic E-state index is 12.2. The van der Waals surface area contributed by atoms with Gasteiger partial charge in [-0.3, -0.25) is 0 Å². The first-order valence-electron chi connectivity index (χ1n) is 6.66. The summed E-state index contributed by atoms with van der Waals surface area (Å²) in [7, 11) is -2.24. The molecule has 0 saturated carbocycles. The molecule has 0 saturated heterocycles. The highest BCUT2D eigenvalue weighted by Gasteiger charge is 2.13. The lowest BCUT2D eigenvalue weighted by atomic mass is 10.1. The SMILES string of the molecule is COC(=O)c1ccc(CNS(=O)(=O)c2ccc(C)cc2)cc1. The Kier molecular flexibility index (Phi) is 4.95. The molecule has 0 aliphatic rings. The third-order valence-electron chi connectivity index (χ3n) is 3.17. The highest BCUT2D eigenvalue weighted by atomic mass is 32.2. The molecule has 0 amide bonds. The molecule has 0 unspecified atom stereocenters. The summed E-state index contributed by atoms with van der Waals surface area (Å²) >= 11 is 0. The van der Waals surface area contributed by atoms with Crippen molar-refractivity contribution in [2.45, 2.75) is 18.4 Å². The van der Waals surface area contributed by atoms with Gasteiger partial charge in [0.15, 0.2) is 0 Å². The molecule has 2 aromatic carbocycles. The number of nitrogens with one attached hydrogen (secondary N) is 1. The van der Waals surface area contributed by atoms with Crippen molar-refractivity contribution >= 4 is 16.0 Å². The highest BCUT2D eigenvalue weighted by Crippen LogP contribution is 2.11. The summed E-state index contributed by atoms with van der Waals surface area (Å²) in [5.74, 6) is -0.424. The van der Waals surface area contributed by atoms with Crippen molar-refractivity contribution in [2.75, 3.05) is 7.11 Å². The van der Waals surface area contributed by atoms with Crippen LogP contribution in [0.4, 0.5) is 0 Å². The van der Waals surface area contributed by atoms with Crippen LogP contribution < -0.4 is 4.72 Å². The van der Waals surface area contributed by atoms with Crippen LogP contribution in [0.1, 0.15) is 21.5 Å². The predicted octanol–water partition coefficient (Wildman–Crippen LogP) is 2.26. The topological polar surface area (TPSA) is 72.5 Å². The van der Waals surface area contributed by atoms with E-state index in [0.717, 1.165) is 11.1 Å². The number of rotatable bonds is 5. The molecular weight excluding hydrogens is 302 g/mol. The molecule has 0 aliphatic heterocycles. The number of methoxy groups -OCH3 is 1. The number of hydrogen-bond acceptors (Lipinski definition) is 4. The van der Waals surface area contributed by atoms with E-state index in [-0.39, 0.29) is 11.4 Å². The largest absolute Gasteiger partial charge is 0.465 e. The van der Waals surface area contributed by atoms with Gasteiger partial charge in [-0.25, -0.2) is 17.9 Å². The summed E-state index contributed by atoms with van der Waals surface area (Å²) in [5.41, 5.74) is 2.17. The van der Waals surface area contributed by atoms with Crippen molar-refractivity contribution in [3.63, 3.8) is 0 Å². The molecule has 0 spiro atoms. The summed E-state index contributed by atoms with van der Waals surface area (Å²) in [6.07, 6.45) is 0. The third kappa shape index (κ3) is 3.93. The van der Waals surface area contributed by atoms with Gasteiger partial charge in [0.25, 0.3) is 0 Å². The van der Waals surface area contributed by atoms with Gasteiger partial charge in [0.05, 0.1) is 17.6 Å². The second-order valence-electron chi connectivity index (χ2n) is 4.83. The van der Waals surface area contributed by atoms with E-state index in [0.29, 0.717) is 5.56 Å². The maximum absolute atomic E-state index is 12.2. The summed E-state index contributed by atoms with van der Waals surface area (Å²) in [5, 5.41) is 0. The smallest absolute Gasteiger partial charge is 0.337 e. The fraction of sp³-hybridized carbons (Fsp3) is 0.188. The Morgan fingerprint density at radius 2 is 1.64 bits per heavy atom. The molecule has 6 heteroatoms. The lowest BCUT2D eigenvalue weighted by Crippen LogP contribution is -2.23. The minimum Gasteiger partial charge on any atom is -0.465 e. The monoisotopic (exact) mass is 319 g/mol. The van der Waals surface area contributed by atoms with Crippen LogP contribution in [0.15, 0.2) is 53.4 Å². The molecule has 2 rings (SSSR count). The lowest BCUT2D eigenvalue weighted by molar-refractivity contribution is 0.0600. The summed E-state index contributed by atoms with van der Waals surface area (Å²) in [4.78, 5) is 11.5. The van der Waals surface area contributed by atoms with Crippen molar-refractivity contribution < 1.29 is 17.9 Å². The average molecular weight is 319 g/mol. The Balaban J connectivity index is 2.05. The van der Waals surface area contributed by atoms with Gasteiger partial charge in [-0.1, -0.05) is 29.8 Å². The lowest BCUT2D eigenvalue weighted by Gasteiger charge is -2.08. The van der Waals surface area contributed by atoms with E-state index >= 15 is 0 Å². The minimum atomic E-state index is -3.55. The maximum Gasteiger partial charge on any atom is 0.337 e. The van der Waals surface area contributed by atoms with Gasteiger partial charge < -0.3 is 4.74 Å². The molecule has 0 bridgehead atoms. The fourth-order valence-electron chi connectivity index (χ4n) is 1.86. The molecule has 0 atom stereocenters. The van der Waals surface area contributed by atoms with Crippen LogP contribution in [0.25, 0.3) is 0 Å². The molecular formula is C16H17NO4S. The minimum absolute atomic E-state index is 0.150. The van der Waals surface area contributed by atoms with Crippen molar-refractivity contribution in [1.29, 1.82) is 0 Å². The molecule has 0 fully saturated rings. The number of carbonyl (C=O) groups excluding carboxylic acids is 1. The Labute approximate surface area is 130 Å². The van der Waals surface area contributed by atoms with E-state index in [2.05, 4.69) is 9.46 Å². The van der Waals surface area contributed by atoms with E-state index in [1.165, 1.54) is 7.11 Å². The predicted molar refractivity (Wildman–Crippen MR) is 83.0 cm³/mol. The molecule has 0 aromatic heterocycles. The second kappa shape index (κ2) is 6.72. The van der Waals surface area contributed by atoms with Crippen molar-refractivity contribution in [1.82, 2.24) is 4.72 Å². The van der Waals surface area contributed by atoms with Crippen LogP contribution in [0.3, 0.4) is 0 Å². The van der Waals surface area contributed by atoms with Crippen molar-refractivity contribution in [3.8, 4) is 0 Å². The van der Waals surface area contributed by atoms with E-state index in [9.17, 15) is 13.2 Å². The first-order chi connectivity index (χ1) is 10.4. The number of benzene rings is 2. The Hall–Kier alpha value is -2.18. The highest BCUT2D eigenvalue weighted by molar-refractivity contribution is 7.89. The summed E-state index contributed by atoms with van der Waals surface area (Å²) < 4.78 is 31.4. The molecule has 116 valence electrons. The quantitative estimate of drug-likeness (QED) is 0.858. The molecule has 0 heterocycles. The molecule has 1 N–H and O–H groups in total. The number of carbonyl (C=O) groups is 1. The number of ether oxygens (including phenoxy) is 1. The normalized spacial score (nSPS) is 11.2.